The Morgan fingerprint density at radius 3 is 2.55 bits per heavy atom. The van der Waals surface area contributed by atoms with E-state index in [1.165, 1.54) is 5.56 Å². The van der Waals surface area contributed by atoms with Gasteiger partial charge in [-0.1, -0.05) is 12.1 Å². The third-order valence-electron chi connectivity index (χ3n) is 4.23. The molecule has 0 aliphatic carbocycles. The Bertz CT molecular complexity index is 407. The van der Waals surface area contributed by atoms with E-state index in [2.05, 4.69) is 35.9 Å². The molecule has 1 aliphatic rings. The minimum atomic E-state index is 0.307. The quantitative estimate of drug-likeness (QED) is 0.890. The number of likely N-dealkylation sites (N-methyl/N-ethyl adjacent to an activating group) is 1. The van der Waals surface area contributed by atoms with E-state index in [1.54, 1.807) is 0 Å². The second-order valence-corrected chi connectivity index (χ2v) is 5.58. The molecule has 0 aromatic heterocycles. The molecule has 112 valence electrons. The van der Waals surface area contributed by atoms with Gasteiger partial charge in [0.15, 0.2) is 0 Å². The fourth-order valence-electron chi connectivity index (χ4n) is 2.81. The number of hydrogen-bond acceptors (Lipinski definition) is 4. The van der Waals surface area contributed by atoms with E-state index in [1.807, 2.05) is 19.1 Å². The number of piperazine rings is 1. The van der Waals surface area contributed by atoms with Crippen molar-refractivity contribution in [2.24, 2.45) is 5.73 Å². The van der Waals surface area contributed by atoms with Crippen LogP contribution in [0.25, 0.3) is 0 Å². The van der Waals surface area contributed by atoms with Crippen LogP contribution in [0.3, 0.4) is 0 Å². The molecule has 4 nitrogen and oxygen atoms in total. The SMILES string of the molecule is CCOc1ccc(C(CN)N2CCN(C)C(C)C2)cc1. The van der Waals surface area contributed by atoms with Crippen molar-refractivity contribution in [3.8, 4) is 5.75 Å². The first-order valence-electron chi connectivity index (χ1n) is 7.52. The lowest BCUT2D eigenvalue weighted by Gasteiger charge is -2.41. The molecule has 0 radical (unpaired) electrons. The summed E-state index contributed by atoms with van der Waals surface area (Å²) in [4.78, 5) is 4.91. The monoisotopic (exact) mass is 277 g/mol. The first-order valence-corrected chi connectivity index (χ1v) is 7.52. The van der Waals surface area contributed by atoms with Crippen LogP contribution in [0.4, 0.5) is 0 Å². The van der Waals surface area contributed by atoms with Gasteiger partial charge in [0, 0.05) is 38.3 Å². The van der Waals surface area contributed by atoms with Gasteiger partial charge in [-0.3, -0.25) is 4.90 Å². The zero-order valence-electron chi connectivity index (χ0n) is 12.9. The molecule has 0 bridgehead atoms. The highest BCUT2D eigenvalue weighted by Crippen LogP contribution is 2.24. The van der Waals surface area contributed by atoms with Crippen LogP contribution < -0.4 is 10.5 Å². The Hall–Kier alpha value is -1.10. The summed E-state index contributed by atoms with van der Waals surface area (Å²) in [6.45, 7) is 8.90. The number of benzene rings is 1. The average Bonchev–Trinajstić information content (AvgIpc) is 2.46. The lowest BCUT2D eigenvalue weighted by atomic mass is 10.0. The minimum Gasteiger partial charge on any atom is -0.494 e. The number of nitrogens with zero attached hydrogens (tertiary/aromatic N) is 2. The van der Waals surface area contributed by atoms with E-state index in [9.17, 15) is 0 Å². The normalized spacial score (nSPS) is 22.7. The molecule has 1 aromatic rings. The van der Waals surface area contributed by atoms with Gasteiger partial charge in [-0.05, 0) is 38.6 Å². The largest absolute Gasteiger partial charge is 0.494 e. The molecule has 0 saturated carbocycles. The molecule has 0 spiro atoms. The maximum atomic E-state index is 6.03. The summed E-state index contributed by atoms with van der Waals surface area (Å²) >= 11 is 0. The van der Waals surface area contributed by atoms with Gasteiger partial charge in [0.1, 0.15) is 5.75 Å². The molecule has 20 heavy (non-hydrogen) atoms. The molecule has 2 rings (SSSR count). The summed E-state index contributed by atoms with van der Waals surface area (Å²) in [5, 5.41) is 0. The highest BCUT2D eigenvalue weighted by molar-refractivity contribution is 5.29. The summed E-state index contributed by atoms with van der Waals surface area (Å²) < 4.78 is 5.50. The van der Waals surface area contributed by atoms with Gasteiger partial charge in [0.25, 0.3) is 0 Å². The maximum absolute atomic E-state index is 6.03. The standard InChI is InChI=1S/C16H27N3O/c1-4-20-15-7-5-14(6-8-15)16(11-17)19-10-9-18(3)13(2)12-19/h5-8,13,16H,4,9-12,17H2,1-3H3. The third kappa shape index (κ3) is 3.51. The predicted octanol–water partition coefficient (Wildman–Crippen LogP) is 1.72. The Balaban J connectivity index is 2.07. The van der Waals surface area contributed by atoms with E-state index in [4.69, 9.17) is 10.5 Å². The maximum Gasteiger partial charge on any atom is 0.119 e. The van der Waals surface area contributed by atoms with Crippen molar-refractivity contribution in [1.82, 2.24) is 9.80 Å². The molecule has 1 heterocycles. The van der Waals surface area contributed by atoms with Gasteiger partial charge in [0.05, 0.1) is 6.61 Å². The highest BCUT2D eigenvalue weighted by Gasteiger charge is 2.26. The van der Waals surface area contributed by atoms with Gasteiger partial charge in [0.2, 0.25) is 0 Å². The van der Waals surface area contributed by atoms with Gasteiger partial charge in [-0.25, -0.2) is 0 Å². The van der Waals surface area contributed by atoms with Crippen molar-refractivity contribution in [3.63, 3.8) is 0 Å². The number of ether oxygens (including phenoxy) is 1. The Morgan fingerprint density at radius 1 is 1.30 bits per heavy atom. The van der Waals surface area contributed by atoms with Crippen LogP contribution in [0.2, 0.25) is 0 Å². The Labute approximate surface area is 122 Å². The first kappa shape index (κ1) is 15.3. The van der Waals surface area contributed by atoms with Crippen molar-refractivity contribution in [2.45, 2.75) is 25.9 Å². The fraction of sp³-hybridized carbons (Fsp3) is 0.625. The molecule has 1 aromatic carbocycles. The second kappa shape index (κ2) is 7.07. The molecule has 0 amide bonds. The summed E-state index contributed by atoms with van der Waals surface area (Å²) in [5.74, 6) is 0.929. The predicted molar refractivity (Wildman–Crippen MR) is 83.1 cm³/mol. The molecule has 2 atom stereocenters. The number of nitrogens with two attached hydrogens (primary N) is 1. The van der Waals surface area contributed by atoms with Gasteiger partial charge in [-0.15, -0.1) is 0 Å². The number of rotatable bonds is 5. The van der Waals surface area contributed by atoms with Crippen molar-refractivity contribution < 1.29 is 4.74 Å². The molecule has 1 fully saturated rings. The van der Waals surface area contributed by atoms with Crippen LogP contribution >= 0.6 is 0 Å². The zero-order chi connectivity index (χ0) is 14.5. The van der Waals surface area contributed by atoms with E-state index in [0.29, 0.717) is 25.2 Å². The molecule has 2 unspecified atom stereocenters. The van der Waals surface area contributed by atoms with Gasteiger partial charge < -0.3 is 15.4 Å². The highest BCUT2D eigenvalue weighted by atomic mass is 16.5. The smallest absolute Gasteiger partial charge is 0.119 e. The fourth-order valence-corrected chi connectivity index (χ4v) is 2.81. The molecular weight excluding hydrogens is 250 g/mol. The third-order valence-corrected chi connectivity index (χ3v) is 4.23. The summed E-state index contributed by atoms with van der Waals surface area (Å²) in [5.41, 5.74) is 7.31. The first-order chi connectivity index (χ1) is 9.65. The van der Waals surface area contributed by atoms with Crippen molar-refractivity contribution >= 4 is 0 Å². The van der Waals surface area contributed by atoms with Crippen molar-refractivity contribution in [1.29, 1.82) is 0 Å². The Kier molecular flexibility index (Phi) is 5.40. The van der Waals surface area contributed by atoms with E-state index < -0.39 is 0 Å². The molecule has 2 N–H and O–H groups in total. The lowest BCUT2D eigenvalue weighted by molar-refractivity contribution is 0.0741. The van der Waals surface area contributed by atoms with Crippen LogP contribution in [-0.4, -0.2) is 55.7 Å². The topological polar surface area (TPSA) is 41.7 Å². The second-order valence-electron chi connectivity index (χ2n) is 5.58. The lowest BCUT2D eigenvalue weighted by Crippen LogP contribution is -2.52. The Morgan fingerprint density at radius 2 is 2.00 bits per heavy atom. The molecule has 1 aliphatic heterocycles. The van der Waals surface area contributed by atoms with Crippen LogP contribution in [-0.2, 0) is 0 Å². The van der Waals surface area contributed by atoms with E-state index >= 15 is 0 Å². The average molecular weight is 277 g/mol. The number of hydrogen-bond donors (Lipinski definition) is 1. The van der Waals surface area contributed by atoms with Gasteiger partial charge >= 0.3 is 0 Å². The van der Waals surface area contributed by atoms with Crippen LogP contribution in [0.1, 0.15) is 25.5 Å². The molecule has 1 saturated heterocycles. The summed E-state index contributed by atoms with van der Waals surface area (Å²) in [6, 6.07) is 9.27. The van der Waals surface area contributed by atoms with Gasteiger partial charge in [-0.2, -0.15) is 0 Å². The van der Waals surface area contributed by atoms with Crippen LogP contribution in [0.5, 0.6) is 5.75 Å². The van der Waals surface area contributed by atoms with Crippen molar-refractivity contribution in [2.75, 3.05) is 39.8 Å². The zero-order valence-corrected chi connectivity index (χ0v) is 12.9. The molecular formula is C16H27N3O. The van der Waals surface area contributed by atoms with Crippen LogP contribution in [0.15, 0.2) is 24.3 Å². The van der Waals surface area contributed by atoms with Crippen LogP contribution in [0, 0.1) is 0 Å². The van der Waals surface area contributed by atoms with Crippen molar-refractivity contribution in [3.05, 3.63) is 29.8 Å². The van der Waals surface area contributed by atoms with E-state index in [0.717, 1.165) is 25.4 Å². The summed E-state index contributed by atoms with van der Waals surface area (Å²) in [7, 11) is 2.19. The molecule has 4 heteroatoms. The van der Waals surface area contributed by atoms with E-state index in [-0.39, 0.29) is 0 Å². The minimum absolute atomic E-state index is 0.307. The summed E-state index contributed by atoms with van der Waals surface area (Å²) in [6.07, 6.45) is 0.